The number of hydrogen-bond donors (Lipinski definition) is 1. The highest BCUT2D eigenvalue weighted by Crippen LogP contribution is 2.40. The quantitative estimate of drug-likeness (QED) is 0.215. The van der Waals surface area contributed by atoms with Crippen molar-refractivity contribution in [3.8, 4) is 5.75 Å². The summed E-state index contributed by atoms with van der Waals surface area (Å²) < 4.78 is 5.60. The maximum atomic E-state index is 12.3. The average Bonchev–Trinajstić information content (AvgIpc) is 2.78. The summed E-state index contributed by atoms with van der Waals surface area (Å²) in [5.74, 6) is -0.156. The number of unbranched alkanes of at least 4 members (excludes halogenated alkanes) is 1. The molecule has 4 heteroatoms. The zero-order valence-corrected chi connectivity index (χ0v) is 22.2. The third kappa shape index (κ3) is 9.56. The first-order valence-electron chi connectivity index (χ1n) is 12.6. The third-order valence-corrected chi connectivity index (χ3v) is 6.25. The van der Waals surface area contributed by atoms with Crippen LogP contribution in [-0.2, 0) is 4.79 Å². The Hall–Kier alpha value is -3.14. The highest BCUT2D eigenvalue weighted by Gasteiger charge is 2.26. The van der Waals surface area contributed by atoms with E-state index in [1.807, 2.05) is 25.2 Å². The number of nitrogens with one attached hydrogen (secondary N) is 1. The minimum absolute atomic E-state index is 0.226. The second kappa shape index (κ2) is 13.7. The van der Waals surface area contributed by atoms with E-state index in [2.05, 4.69) is 52.1 Å². The van der Waals surface area contributed by atoms with E-state index in [0.717, 1.165) is 29.7 Å². The zero-order chi connectivity index (χ0) is 25.8. The van der Waals surface area contributed by atoms with Crippen LogP contribution in [0.4, 0.5) is 0 Å². The van der Waals surface area contributed by atoms with Crippen molar-refractivity contribution in [3.63, 3.8) is 0 Å². The van der Waals surface area contributed by atoms with E-state index in [4.69, 9.17) is 4.74 Å². The number of imide groups is 1. The first-order valence-corrected chi connectivity index (χ1v) is 12.6. The van der Waals surface area contributed by atoms with Gasteiger partial charge in [0.05, 0.1) is 6.61 Å². The van der Waals surface area contributed by atoms with Crippen LogP contribution < -0.4 is 10.1 Å². The molecular formula is C31H41NO3. The molecule has 0 heterocycles. The van der Waals surface area contributed by atoms with Crippen molar-refractivity contribution in [3.05, 3.63) is 88.6 Å². The van der Waals surface area contributed by atoms with Crippen LogP contribution >= 0.6 is 0 Å². The van der Waals surface area contributed by atoms with Gasteiger partial charge in [0.1, 0.15) is 5.75 Å². The van der Waals surface area contributed by atoms with Crippen LogP contribution in [0, 0.1) is 5.41 Å². The maximum Gasteiger partial charge on any atom is 0.258 e. The van der Waals surface area contributed by atoms with Crippen molar-refractivity contribution in [2.75, 3.05) is 6.61 Å². The van der Waals surface area contributed by atoms with Crippen molar-refractivity contribution in [1.29, 1.82) is 0 Å². The molecule has 35 heavy (non-hydrogen) atoms. The van der Waals surface area contributed by atoms with Crippen molar-refractivity contribution < 1.29 is 14.3 Å². The lowest BCUT2D eigenvalue weighted by Gasteiger charge is -2.32. The Kier molecular flexibility index (Phi) is 11.0. The van der Waals surface area contributed by atoms with Gasteiger partial charge >= 0.3 is 0 Å². The Bertz CT molecular complexity index is 1030. The molecule has 0 bridgehead atoms. The standard InChI is InChI=1S/C31H41NO3/c1-7-8-21-35-27-17-15-26(16-18-27)30(34)32-29(33)22-24(3)12-9-11-23(2)14-19-28-25(4)13-10-20-31(28,5)6/h9,11-12,14-19,22H,7-8,10,13,20-21H2,1-6H3,(H,32,33,34)/b12-9+,19-14+,23-11+,24-22+. The van der Waals surface area contributed by atoms with E-state index in [1.54, 1.807) is 24.3 Å². The fourth-order valence-corrected chi connectivity index (χ4v) is 4.14. The lowest BCUT2D eigenvalue weighted by atomic mass is 9.72. The summed E-state index contributed by atoms with van der Waals surface area (Å²) in [5, 5.41) is 2.41. The van der Waals surface area contributed by atoms with Gasteiger partial charge in [-0.1, -0.05) is 68.7 Å². The smallest absolute Gasteiger partial charge is 0.258 e. The molecule has 0 unspecified atom stereocenters. The van der Waals surface area contributed by atoms with Gasteiger partial charge in [-0.3, -0.25) is 14.9 Å². The highest BCUT2D eigenvalue weighted by molar-refractivity contribution is 6.08. The minimum Gasteiger partial charge on any atom is -0.494 e. The maximum absolute atomic E-state index is 12.3. The SMILES string of the molecule is CCCCOc1ccc(C(=O)NC(=O)/C=C(C)/C=C/C=C(C)/C=C/C2=C(C)CCCC2(C)C)cc1. The van der Waals surface area contributed by atoms with Crippen molar-refractivity contribution >= 4 is 11.8 Å². The topological polar surface area (TPSA) is 55.4 Å². The normalized spacial score (nSPS) is 16.7. The van der Waals surface area contributed by atoms with E-state index in [9.17, 15) is 9.59 Å². The monoisotopic (exact) mass is 475 g/mol. The van der Waals surface area contributed by atoms with Gasteiger partial charge in [0.2, 0.25) is 0 Å². The summed E-state index contributed by atoms with van der Waals surface area (Å²) in [6.45, 7) is 13.5. The second-order valence-electron chi connectivity index (χ2n) is 9.97. The van der Waals surface area contributed by atoms with Crippen LogP contribution in [0.3, 0.4) is 0 Å². The number of hydrogen-bond acceptors (Lipinski definition) is 3. The Morgan fingerprint density at radius 2 is 1.80 bits per heavy atom. The van der Waals surface area contributed by atoms with Gasteiger partial charge in [-0.15, -0.1) is 0 Å². The van der Waals surface area contributed by atoms with Crippen molar-refractivity contribution in [2.45, 2.75) is 73.6 Å². The van der Waals surface area contributed by atoms with Gasteiger partial charge in [-0.2, -0.15) is 0 Å². The van der Waals surface area contributed by atoms with Gasteiger partial charge in [0.25, 0.3) is 11.8 Å². The lowest BCUT2D eigenvalue weighted by Crippen LogP contribution is -2.28. The van der Waals surface area contributed by atoms with Crippen molar-refractivity contribution in [1.82, 2.24) is 5.32 Å². The summed E-state index contributed by atoms with van der Waals surface area (Å²) >= 11 is 0. The molecule has 1 aromatic carbocycles. The van der Waals surface area contributed by atoms with Crippen LogP contribution in [0.1, 0.15) is 84.0 Å². The first-order chi connectivity index (χ1) is 16.6. The Balaban J connectivity index is 1.90. The molecule has 0 aromatic heterocycles. The number of carbonyl (C=O) groups is 2. The van der Waals surface area contributed by atoms with E-state index < -0.39 is 11.8 Å². The highest BCUT2D eigenvalue weighted by atomic mass is 16.5. The molecule has 1 aromatic rings. The van der Waals surface area contributed by atoms with Gasteiger partial charge in [-0.05, 0) is 87.3 Å². The lowest BCUT2D eigenvalue weighted by molar-refractivity contribution is -0.115. The van der Waals surface area contributed by atoms with E-state index in [-0.39, 0.29) is 5.41 Å². The van der Waals surface area contributed by atoms with Gasteiger partial charge in [0.15, 0.2) is 0 Å². The number of amides is 2. The van der Waals surface area contributed by atoms with Crippen LogP contribution in [-0.4, -0.2) is 18.4 Å². The fraction of sp³-hybridized carbons (Fsp3) is 0.419. The summed E-state index contributed by atoms with van der Waals surface area (Å²) in [6.07, 6.45) is 17.3. The van der Waals surface area contributed by atoms with Crippen LogP contribution in [0.25, 0.3) is 0 Å². The zero-order valence-electron chi connectivity index (χ0n) is 22.2. The average molecular weight is 476 g/mol. The summed E-state index contributed by atoms with van der Waals surface area (Å²) in [4.78, 5) is 24.6. The van der Waals surface area contributed by atoms with Gasteiger partial charge in [0, 0.05) is 11.6 Å². The molecule has 2 rings (SSSR count). The van der Waals surface area contributed by atoms with Gasteiger partial charge in [-0.25, -0.2) is 0 Å². The first kappa shape index (κ1) is 28.1. The molecule has 0 radical (unpaired) electrons. The van der Waals surface area contributed by atoms with E-state index in [0.29, 0.717) is 12.2 Å². The van der Waals surface area contributed by atoms with Crippen LogP contribution in [0.15, 0.2) is 83.0 Å². The predicted octanol–water partition coefficient (Wildman–Crippen LogP) is 7.65. The van der Waals surface area contributed by atoms with Crippen LogP contribution in [0.2, 0.25) is 0 Å². The Morgan fingerprint density at radius 3 is 2.46 bits per heavy atom. The Labute approximate surface area is 211 Å². The molecule has 0 aliphatic heterocycles. The molecule has 1 N–H and O–H groups in total. The molecule has 0 atom stereocenters. The van der Waals surface area contributed by atoms with Crippen molar-refractivity contribution in [2.24, 2.45) is 5.41 Å². The number of rotatable bonds is 10. The summed E-state index contributed by atoms with van der Waals surface area (Å²) in [6, 6.07) is 6.81. The third-order valence-electron chi connectivity index (χ3n) is 6.25. The second-order valence-corrected chi connectivity index (χ2v) is 9.97. The molecule has 0 fully saturated rings. The molecule has 0 saturated heterocycles. The number of allylic oxidation sites excluding steroid dienone is 9. The fourth-order valence-electron chi connectivity index (χ4n) is 4.14. The molecule has 0 spiro atoms. The Morgan fingerprint density at radius 1 is 1.09 bits per heavy atom. The molecule has 2 amide bonds. The van der Waals surface area contributed by atoms with Crippen LogP contribution in [0.5, 0.6) is 5.75 Å². The van der Waals surface area contributed by atoms with E-state index in [1.165, 1.54) is 36.5 Å². The number of ether oxygens (including phenoxy) is 1. The molecule has 0 saturated carbocycles. The van der Waals surface area contributed by atoms with Gasteiger partial charge < -0.3 is 4.74 Å². The molecule has 1 aliphatic rings. The summed E-state index contributed by atoms with van der Waals surface area (Å²) in [5.41, 5.74) is 5.46. The minimum atomic E-state index is -0.442. The number of carbonyl (C=O) groups excluding carboxylic acids is 2. The molecular weight excluding hydrogens is 434 g/mol. The molecule has 1 aliphatic carbocycles. The largest absolute Gasteiger partial charge is 0.494 e. The molecule has 4 nitrogen and oxygen atoms in total. The number of benzene rings is 1. The molecule has 188 valence electrons. The van der Waals surface area contributed by atoms with E-state index >= 15 is 0 Å². The predicted molar refractivity (Wildman–Crippen MR) is 145 cm³/mol. The summed E-state index contributed by atoms with van der Waals surface area (Å²) in [7, 11) is 0.